The molecule has 0 unspecified atom stereocenters. The highest BCUT2D eigenvalue weighted by Crippen LogP contribution is 2.13. The molecular formula is C21H21NO2. The molecule has 0 aliphatic carbocycles. The van der Waals surface area contributed by atoms with Gasteiger partial charge in [0.25, 0.3) is 5.91 Å². The summed E-state index contributed by atoms with van der Waals surface area (Å²) >= 11 is 0. The Hall–Kier alpha value is -2.57. The minimum absolute atomic E-state index is 0.0240. The average Bonchev–Trinajstić information content (AvgIpc) is 2.66. The molecule has 0 radical (unpaired) electrons. The van der Waals surface area contributed by atoms with E-state index in [0.29, 0.717) is 11.5 Å². The van der Waals surface area contributed by atoms with Crippen LogP contribution in [-0.2, 0) is 4.74 Å². The van der Waals surface area contributed by atoms with Gasteiger partial charge in [-0.05, 0) is 55.2 Å². The van der Waals surface area contributed by atoms with E-state index in [1.54, 1.807) is 0 Å². The molecule has 3 nitrogen and oxygen atoms in total. The van der Waals surface area contributed by atoms with Gasteiger partial charge in [0.2, 0.25) is 0 Å². The van der Waals surface area contributed by atoms with Gasteiger partial charge in [0.15, 0.2) is 0 Å². The van der Waals surface area contributed by atoms with Crippen LogP contribution in [0.1, 0.15) is 34.3 Å². The van der Waals surface area contributed by atoms with Crippen molar-refractivity contribution in [3.8, 4) is 11.8 Å². The van der Waals surface area contributed by atoms with Gasteiger partial charge in [-0.15, -0.1) is 0 Å². The number of ether oxygens (including phenoxy) is 1. The summed E-state index contributed by atoms with van der Waals surface area (Å²) in [6.45, 7) is 2.32. The van der Waals surface area contributed by atoms with Gasteiger partial charge in [-0.3, -0.25) is 4.79 Å². The smallest absolute Gasteiger partial charge is 0.251 e. The van der Waals surface area contributed by atoms with Crippen molar-refractivity contribution in [3.05, 3.63) is 71.3 Å². The van der Waals surface area contributed by atoms with Crippen LogP contribution in [-0.4, -0.2) is 25.7 Å². The number of carbonyl (C=O) groups excluding carboxylic acids is 1. The van der Waals surface area contributed by atoms with Gasteiger partial charge in [0.1, 0.15) is 0 Å². The Balaban J connectivity index is 1.55. The second-order valence-corrected chi connectivity index (χ2v) is 5.96. The highest BCUT2D eigenvalue weighted by atomic mass is 16.5. The van der Waals surface area contributed by atoms with Crippen molar-refractivity contribution in [1.82, 2.24) is 5.32 Å². The van der Waals surface area contributed by atoms with Gasteiger partial charge >= 0.3 is 0 Å². The first-order valence-corrected chi connectivity index (χ1v) is 8.34. The van der Waals surface area contributed by atoms with Crippen LogP contribution in [0.5, 0.6) is 0 Å². The fourth-order valence-corrected chi connectivity index (χ4v) is 2.66. The largest absolute Gasteiger partial charge is 0.381 e. The topological polar surface area (TPSA) is 38.3 Å². The second-order valence-electron chi connectivity index (χ2n) is 5.96. The number of amides is 1. The van der Waals surface area contributed by atoms with Crippen molar-refractivity contribution >= 4 is 5.91 Å². The molecule has 0 saturated carbocycles. The molecule has 1 amide bonds. The normalized spacial score (nSPS) is 14.5. The number of hydrogen-bond donors (Lipinski definition) is 1. The summed E-state index contributed by atoms with van der Waals surface area (Å²) in [4.78, 5) is 12.2. The molecule has 24 heavy (non-hydrogen) atoms. The molecule has 2 aromatic carbocycles. The summed E-state index contributed by atoms with van der Waals surface area (Å²) in [5, 5.41) is 3.02. The van der Waals surface area contributed by atoms with Gasteiger partial charge in [-0.25, -0.2) is 0 Å². The van der Waals surface area contributed by atoms with Crippen LogP contribution in [0, 0.1) is 17.8 Å². The first-order valence-electron chi connectivity index (χ1n) is 8.34. The van der Waals surface area contributed by atoms with E-state index in [2.05, 4.69) is 17.2 Å². The summed E-state index contributed by atoms with van der Waals surface area (Å²) in [5.41, 5.74) is 2.56. The molecular weight excluding hydrogens is 298 g/mol. The number of rotatable bonds is 3. The molecule has 122 valence electrons. The molecule has 1 aliphatic heterocycles. The Morgan fingerprint density at radius 1 is 0.958 bits per heavy atom. The second kappa shape index (κ2) is 8.33. The van der Waals surface area contributed by atoms with Crippen molar-refractivity contribution in [2.45, 2.75) is 12.8 Å². The Morgan fingerprint density at radius 3 is 2.25 bits per heavy atom. The zero-order valence-corrected chi connectivity index (χ0v) is 13.6. The lowest BCUT2D eigenvalue weighted by atomic mass is 10.0. The minimum Gasteiger partial charge on any atom is -0.381 e. The standard InChI is InChI=1S/C21H21NO2/c23-21(22-16-19-12-14-24-15-13-19)20-10-8-18(9-11-20)7-6-17-4-2-1-3-5-17/h1-5,8-11,19H,12-16H2,(H,22,23). The molecule has 1 heterocycles. The van der Waals surface area contributed by atoms with Crippen molar-refractivity contribution in [1.29, 1.82) is 0 Å². The maximum Gasteiger partial charge on any atom is 0.251 e. The van der Waals surface area contributed by atoms with E-state index >= 15 is 0 Å². The molecule has 0 atom stereocenters. The Morgan fingerprint density at radius 2 is 1.58 bits per heavy atom. The van der Waals surface area contributed by atoms with Crippen LogP contribution >= 0.6 is 0 Å². The quantitative estimate of drug-likeness (QED) is 0.882. The van der Waals surface area contributed by atoms with Gasteiger partial charge in [0.05, 0.1) is 0 Å². The van der Waals surface area contributed by atoms with Crippen molar-refractivity contribution < 1.29 is 9.53 Å². The van der Waals surface area contributed by atoms with Crippen molar-refractivity contribution in [2.24, 2.45) is 5.92 Å². The Labute approximate surface area is 143 Å². The van der Waals surface area contributed by atoms with Gasteiger partial charge in [-0.1, -0.05) is 30.0 Å². The lowest BCUT2D eigenvalue weighted by Crippen LogP contribution is -2.32. The zero-order chi connectivity index (χ0) is 16.6. The number of carbonyl (C=O) groups is 1. The van der Waals surface area contributed by atoms with Crippen LogP contribution in [0.25, 0.3) is 0 Å². The fraction of sp³-hybridized carbons (Fsp3) is 0.286. The third kappa shape index (κ3) is 4.71. The molecule has 1 saturated heterocycles. The minimum atomic E-state index is -0.0240. The molecule has 3 rings (SSSR count). The SMILES string of the molecule is O=C(NCC1CCOCC1)c1ccc(C#Cc2ccccc2)cc1. The van der Waals surface area contributed by atoms with E-state index in [4.69, 9.17) is 4.74 Å². The van der Waals surface area contributed by atoms with Gasteiger partial charge in [0, 0.05) is 36.4 Å². The molecule has 0 spiro atoms. The first kappa shape index (κ1) is 16.3. The van der Waals surface area contributed by atoms with Gasteiger partial charge in [-0.2, -0.15) is 0 Å². The van der Waals surface area contributed by atoms with E-state index in [9.17, 15) is 4.79 Å². The highest BCUT2D eigenvalue weighted by molar-refractivity contribution is 5.94. The molecule has 2 aromatic rings. The van der Waals surface area contributed by atoms with E-state index in [1.165, 1.54) is 0 Å². The number of benzene rings is 2. The Kier molecular flexibility index (Phi) is 5.65. The Bertz CT molecular complexity index is 720. The molecule has 1 N–H and O–H groups in total. The summed E-state index contributed by atoms with van der Waals surface area (Å²) in [6.07, 6.45) is 2.04. The first-order chi connectivity index (χ1) is 11.8. The predicted octanol–water partition coefficient (Wildman–Crippen LogP) is 3.24. The lowest BCUT2D eigenvalue weighted by Gasteiger charge is -2.22. The maximum atomic E-state index is 12.2. The van der Waals surface area contributed by atoms with Crippen molar-refractivity contribution in [3.63, 3.8) is 0 Å². The molecule has 0 aromatic heterocycles. The number of nitrogens with one attached hydrogen (secondary N) is 1. The summed E-state index contributed by atoms with van der Waals surface area (Å²) in [5.74, 6) is 6.73. The van der Waals surface area contributed by atoms with Crippen LogP contribution in [0.15, 0.2) is 54.6 Å². The van der Waals surface area contributed by atoms with Gasteiger partial charge < -0.3 is 10.1 Å². The average molecular weight is 319 g/mol. The predicted molar refractivity (Wildman–Crippen MR) is 94.7 cm³/mol. The third-order valence-electron chi connectivity index (χ3n) is 4.16. The lowest BCUT2D eigenvalue weighted by molar-refractivity contribution is 0.0642. The van der Waals surface area contributed by atoms with E-state index in [0.717, 1.165) is 43.7 Å². The fourth-order valence-electron chi connectivity index (χ4n) is 2.66. The number of hydrogen-bond acceptors (Lipinski definition) is 2. The molecule has 3 heteroatoms. The maximum absolute atomic E-state index is 12.2. The highest BCUT2D eigenvalue weighted by Gasteiger charge is 2.15. The van der Waals surface area contributed by atoms with Crippen LogP contribution < -0.4 is 5.32 Å². The third-order valence-corrected chi connectivity index (χ3v) is 4.16. The summed E-state index contributed by atoms with van der Waals surface area (Å²) in [6, 6.07) is 17.3. The zero-order valence-electron chi connectivity index (χ0n) is 13.6. The summed E-state index contributed by atoms with van der Waals surface area (Å²) < 4.78 is 5.33. The van der Waals surface area contributed by atoms with E-state index < -0.39 is 0 Å². The summed E-state index contributed by atoms with van der Waals surface area (Å²) in [7, 11) is 0. The van der Waals surface area contributed by atoms with E-state index in [1.807, 2.05) is 54.6 Å². The van der Waals surface area contributed by atoms with E-state index in [-0.39, 0.29) is 5.91 Å². The van der Waals surface area contributed by atoms with Crippen LogP contribution in [0.4, 0.5) is 0 Å². The van der Waals surface area contributed by atoms with Crippen LogP contribution in [0.3, 0.4) is 0 Å². The molecule has 0 bridgehead atoms. The van der Waals surface area contributed by atoms with Crippen molar-refractivity contribution in [2.75, 3.05) is 19.8 Å². The van der Waals surface area contributed by atoms with Crippen LogP contribution in [0.2, 0.25) is 0 Å². The molecule has 1 aliphatic rings. The monoisotopic (exact) mass is 319 g/mol. The molecule has 1 fully saturated rings.